The molecule has 8 heteroatoms. The Kier molecular flexibility index (Phi) is 5.59. The van der Waals surface area contributed by atoms with Crippen molar-refractivity contribution in [1.29, 1.82) is 0 Å². The van der Waals surface area contributed by atoms with Crippen molar-refractivity contribution in [3.05, 3.63) is 23.2 Å². The average molecular weight is 307 g/mol. The van der Waals surface area contributed by atoms with Gasteiger partial charge in [0.05, 0.1) is 0 Å². The van der Waals surface area contributed by atoms with Gasteiger partial charge in [0, 0.05) is 11.6 Å². The van der Waals surface area contributed by atoms with Crippen LogP contribution in [-0.4, -0.2) is 27.5 Å². The number of hydrogen-bond donors (Lipinski definition) is 2. The Morgan fingerprint density at radius 3 is 2.74 bits per heavy atom. The Labute approximate surface area is 116 Å². The number of sulfonamides is 1. The Balaban J connectivity index is 2.82. The smallest absolute Gasteiger partial charge is 0.257 e. The number of primary sulfonamides is 1. The molecular weight excluding hydrogens is 292 g/mol. The minimum absolute atomic E-state index is 0.00134. The summed E-state index contributed by atoms with van der Waals surface area (Å²) in [5, 5.41) is 7.86. The number of benzene rings is 1. The lowest BCUT2D eigenvalue weighted by atomic mass is 10.3. The molecule has 0 heterocycles. The molecule has 0 spiro atoms. The fourth-order valence-electron chi connectivity index (χ4n) is 1.28. The Hall–Kier alpha value is -1.31. The standard InChI is InChI=1S/C11H15ClN2O4S/c1-2-5-14-11(15)7-18-9-4-3-8(12)6-10(9)19(13,16)17/h3-4,6H,2,5,7H2,1H3,(H,14,15)(H2,13,16,17). The zero-order chi connectivity index (χ0) is 14.5. The number of carbonyl (C=O) groups is 1. The molecular formula is C11H15ClN2O4S. The third-order valence-electron chi connectivity index (χ3n) is 2.14. The second kappa shape index (κ2) is 6.74. The van der Waals surface area contributed by atoms with Gasteiger partial charge < -0.3 is 10.1 Å². The molecule has 0 aliphatic heterocycles. The lowest BCUT2D eigenvalue weighted by Crippen LogP contribution is -2.29. The SMILES string of the molecule is CCCNC(=O)COc1ccc(Cl)cc1S(N)(=O)=O. The highest BCUT2D eigenvalue weighted by molar-refractivity contribution is 7.89. The van der Waals surface area contributed by atoms with E-state index in [1.54, 1.807) is 0 Å². The molecule has 0 saturated carbocycles. The number of hydrogen-bond acceptors (Lipinski definition) is 4. The van der Waals surface area contributed by atoms with Crippen molar-refractivity contribution in [2.75, 3.05) is 13.2 Å². The minimum atomic E-state index is -3.96. The van der Waals surface area contributed by atoms with Crippen LogP contribution in [0.5, 0.6) is 5.75 Å². The molecule has 106 valence electrons. The molecule has 0 unspecified atom stereocenters. The molecule has 0 atom stereocenters. The third kappa shape index (κ3) is 5.06. The predicted molar refractivity (Wildman–Crippen MR) is 71.6 cm³/mol. The Bertz CT molecular complexity index is 560. The van der Waals surface area contributed by atoms with Crippen LogP contribution < -0.4 is 15.2 Å². The van der Waals surface area contributed by atoms with Crippen LogP contribution in [-0.2, 0) is 14.8 Å². The quantitative estimate of drug-likeness (QED) is 0.815. The summed E-state index contributed by atoms with van der Waals surface area (Å²) in [7, 11) is -3.96. The summed E-state index contributed by atoms with van der Waals surface area (Å²) in [5.41, 5.74) is 0. The second-order valence-electron chi connectivity index (χ2n) is 3.77. The van der Waals surface area contributed by atoms with Crippen LogP contribution in [0.1, 0.15) is 13.3 Å². The van der Waals surface area contributed by atoms with E-state index in [2.05, 4.69) is 5.32 Å². The fourth-order valence-corrected chi connectivity index (χ4v) is 2.22. The van der Waals surface area contributed by atoms with Crippen LogP contribution in [0.2, 0.25) is 5.02 Å². The van der Waals surface area contributed by atoms with Crippen LogP contribution in [0.25, 0.3) is 0 Å². The number of halogens is 1. The van der Waals surface area contributed by atoms with E-state index in [1.165, 1.54) is 18.2 Å². The van der Waals surface area contributed by atoms with Crippen molar-refractivity contribution < 1.29 is 17.9 Å². The van der Waals surface area contributed by atoms with E-state index >= 15 is 0 Å². The van der Waals surface area contributed by atoms with E-state index in [-0.39, 0.29) is 28.2 Å². The van der Waals surface area contributed by atoms with E-state index in [0.29, 0.717) is 6.54 Å². The zero-order valence-corrected chi connectivity index (χ0v) is 11.9. The largest absolute Gasteiger partial charge is 0.482 e. The molecule has 1 aromatic carbocycles. The van der Waals surface area contributed by atoms with Gasteiger partial charge in [0.25, 0.3) is 5.91 Å². The first kappa shape index (κ1) is 15.7. The van der Waals surface area contributed by atoms with Crippen LogP contribution in [0.4, 0.5) is 0 Å². The van der Waals surface area contributed by atoms with E-state index < -0.39 is 10.0 Å². The van der Waals surface area contributed by atoms with Crippen molar-refractivity contribution in [1.82, 2.24) is 5.32 Å². The maximum Gasteiger partial charge on any atom is 0.257 e. The zero-order valence-electron chi connectivity index (χ0n) is 10.3. The Morgan fingerprint density at radius 1 is 1.47 bits per heavy atom. The molecule has 0 aliphatic carbocycles. The van der Waals surface area contributed by atoms with Crippen molar-refractivity contribution in [2.24, 2.45) is 5.14 Å². The number of ether oxygens (including phenoxy) is 1. The van der Waals surface area contributed by atoms with Crippen LogP contribution in [0.15, 0.2) is 23.1 Å². The molecule has 1 amide bonds. The summed E-state index contributed by atoms with van der Waals surface area (Å²) < 4.78 is 27.9. The summed E-state index contributed by atoms with van der Waals surface area (Å²) in [5.74, 6) is -0.337. The number of carbonyl (C=O) groups excluding carboxylic acids is 1. The van der Waals surface area contributed by atoms with Gasteiger partial charge in [0.1, 0.15) is 10.6 Å². The van der Waals surface area contributed by atoms with E-state index in [0.717, 1.165) is 6.42 Å². The Morgan fingerprint density at radius 2 is 2.16 bits per heavy atom. The molecule has 6 nitrogen and oxygen atoms in total. The average Bonchev–Trinajstić information content (AvgIpc) is 2.33. The van der Waals surface area contributed by atoms with Crippen LogP contribution in [0, 0.1) is 0 Å². The van der Waals surface area contributed by atoms with Crippen molar-refractivity contribution in [3.63, 3.8) is 0 Å². The third-order valence-corrected chi connectivity index (χ3v) is 3.31. The first-order valence-electron chi connectivity index (χ1n) is 5.56. The number of amides is 1. The van der Waals surface area contributed by atoms with Crippen molar-refractivity contribution >= 4 is 27.5 Å². The number of nitrogens with one attached hydrogen (secondary N) is 1. The highest BCUT2D eigenvalue weighted by atomic mass is 35.5. The molecule has 3 N–H and O–H groups in total. The minimum Gasteiger partial charge on any atom is -0.482 e. The molecule has 19 heavy (non-hydrogen) atoms. The summed E-state index contributed by atoms with van der Waals surface area (Å²) in [6.45, 7) is 2.16. The molecule has 0 aliphatic rings. The maximum atomic E-state index is 11.4. The second-order valence-corrected chi connectivity index (χ2v) is 5.74. The summed E-state index contributed by atoms with van der Waals surface area (Å²) in [6.07, 6.45) is 0.801. The van der Waals surface area contributed by atoms with Gasteiger partial charge in [0.15, 0.2) is 6.61 Å². The molecule has 0 radical (unpaired) electrons. The van der Waals surface area contributed by atoms with Gasteiger partial charge in [-0.3, -0.25) is 4.79 Å². The highest BCUT2D eigenvalue weighted by Crippen LogP contribution is 2.26. The normalized spacial score (nSPS) is 11.1. The van der Waals surface area contributed by atoms with Gasteiger partial charge in [-0.25, -0.2) is 13.6 Å². The molecule has 0 aromatic heterocycles. The first-order valence-corrected chi connectivity index (χ1v) is 7.49. The van der Waals surface area contributed by atoms with Gasteiger partial charge in [-0.1, -0.05) is 18.5 Å². The van der Waals surface area contributed by atoms with Crippen molar-refractivity contribution in [2.45, 2.75) is 18.2 Å². The van der Waals surface area contributed by atoms with Gasteiger partial charge in [-0.2, -0.15) is 0 Å². The lowest BCUT2D eigenvalue weighted by molar-refractivity contribution is -0.123. The van der Waals surface area contributed by atoms with E-state index in [9.17, 15) is 13.2 Å². The van der Waals surface area contributed by atoms with Crippen LogP contribution >= 0.6 is 11.6 Å². The predicted octanol–water partition coefficient (Wildman–Crippen LogP) is 0.892. The molecule has 0 bridgehead atoms. The summed E-state index contributed by atoms with van der Waals surface area (Å²) in [6, 6.07) is 3.99. The monoisotopic (exact) mass is 306 g/mol. The van der Waals surface area contributed by atoms with Crippen molar-refractivity contribution in [3.8, 4) is 5.75 Å². The molecule has 0 fully saturated rings. The maximum absolute atomic E-state index is 11.4. The number of rotatable bonds is 6. The van der Waals surface area contributed by atoms with Gasteiger partial charge in [0.2, 0.25) is 10.0 Å². The van der Waals surface area contributed by atoms with E-state index in [4.69, 9.17) is 21.5 Å². The van der Waals surface area contributed by atoms with E-state index in [1.807, 2.05) is 6.92 Å². The molecule has 1 aromatic rings. The fraction of sp³-hybridized carbons (Fsp3) is 0.364. The molecule has 1 rings (SSSR count). The molecule has 0 saturated heterocycles. The topological polar surface area (TPSA) is 98.5 Å². The van der Waals surface area contributed by atoms with Gasteiger partial charge in [-0.15, -0.1) is 0 Å². The van der Waals surface area contributed by atoms with Gasteiger partial charge in [-0.05, 0) is 24.6 Å². The van der Waals surface area contributed by atoms with Crippen LogP contribution in [0.3, 0.4) is 0 Å². The number of nitrogens with two attached hydrogens (primary N) is 1. The lowest BCUT2D eigenvalue weighted by Gasteiger charge is -2.10. The first-order chi connectivity index (χ1) is 8.84. The highest BCUT2D eigenvalue weighted by Gasteiger charge is 2.16. The van der Waals surface area contributed by atoms with Gasteiger partial charge >= 0.3 is 0 Å². The summed E-state index contributed by atoms with van der Waals surface area (Å²) >= 11 is 5.70. The summed E-state index contributed by atoms with van der Waals surface area (Å²) in [4.78, 5) is 11.1.